The van der Waals surface area contributed by atoms with Gasteiger partial charge in [-0.05, 0) is 70.6 Å². The molecule has 1 aromatic carbocycles. The van der Waals surface area contributed by atoms with Crippen molar-refractivity contribution in [3.05, 3.63) is 53.4 Å². The first kappa shape index (κ1) is 24.9. The van der Waals surface area contributed by atoms with Gasteiger partial charge in [0, 0.05) is 30.4 Å². The van der Waals surface area contributed by atoms with E-state index in [1.54, 1.807) is 0 Å². The fraction of sp³-hybridized carbons (Fsp3) is 0.375. The van der Waals surface area contributed by atoms with Crippen LogP contribution in [0.3, 0.4) is 0 Å². The van der Waals surface area contributed by atoms with Crippen molar-refractivity contribution in [2.45, 2.75) is 27.2 Å². The number of aryl methyl sites for hydroxylation is 2. The maximum Gasteiger partial charge on any atom is 0.320 e. The van der Waals surface area contributed by atoms with Crippen molar-refractivity contribution in [2.24, 2.45) is 0 Å². The molecule has 0 radical (unpaired) electrons. The summed E-state index contributed by atoms with van der Waals surface area (Å²) in [4.78, 5) is 19.1. The molecule has 1 aromatic heterocycles. The van der Waals surface area contributed by atoms with Crippen molar-refractivity contribution in [1.29, 1.82) is 5.41 Å². The maximum atomic E-state index is 12.3. The normalized spacial score (nSPS) is 10.6. The maximum absolute atomic E-state index is 12.3. The van der Waals surface area contributed by atoms with E-state index in [-0.39, 0.29) is 6.03 Å². The molecule has 0 aliphatic heterocycles. The zero-order chi connectivity index (χ0) is 23.7. The van der Waals surface area contributed by atoms with Crippen LogP contribution in [0.5, 0.6) is 0 Å². The van der Waals surface area contributed by atoms with Crippen LogP contribution in [0.2, 0.25) is 0 Å². The lowest BCUT2D eigenvalue weighted by molar-refractivity contribution is 0.252. The van der Waals surface area contributed by atoms with E-state index in [2.05, 4.69) is 37.7 Å². The molecule has 0 saturated heterocycles. The minimum absolute atomic E-state index is 0.332. The number of hydrogen-bond donors (Lipinski definition) is 5. The van der Waals surface area contributed by atoms with Crippen LogP contribution in [0.4, 0.5) is 16.4 Å². The number of hydrogen-bond acceptors (Lipinski definition) is 6. The highest BCUT2D eigenvalue weighted by atomic mass is 16.2. The number of carbonyl (C=O) groups excluding carboxylic acids is 1. The van der Waals surface area contributed by atoms with Crippen molar-refractivity contribution >= 4 is 23.9 Å². The third-order valence-electron chi connectivity index (χ3n) is 4.92. The van der Waals surface area contributed by atoms with Gasteiger partial charge in [-0.1, -0.05) is 24.8 Å². The number of benzene rings is 1. The lowest BCUT2D eigenvalue weighted by atomic mass is 9.95. The number of carbonyl (C=O) groups is 1. The summed E-state index contributed by atoms with van der Waals surface area (Å²) in [5.41, 5.74) is 4.48. The van der Waals surface area contributed by atoms with Crippen LogP contribution >= 0.6 is 0 Å². The predicted molar refractivity (Wildman–Crippen MR) is 134 cm³/mol. The summed E-state index contributed by atoms with van der Waals surface area (Å²) < 4.78 is 0. The summed E-state index contributed by atoms with van der Waals surface area (Å²) in [5.74, 6) is 1.46. The summed E-state index contributed by atoms with van der Waals surface area (Å²) >= 11 is 0. The first-order valence-electron chi connectivity index (χ1n) is 10.8. The fourth-order valence-corrected chi connectivity index (χ4v) is 3.40. The molecule has 0 aliphatic rings. The van der Waals surface area contributed by atoms with Gasteiger partial charge >= 0.3 is 6.03 Å². The van der Waals surface area contributed by atoms with Crippen molar-refractivity contribution < 1.29 is 4.79 Å². The lowest BCUT2D eigenvalue weighted by Gasteiger charge is -2.19. The summed E-state index contributed by atoms with van der Waals surface area (Å²) in [6, 6.07) is 7.58. The van der Waals surface area contributed by atoms with Gasteiger partial charge in [-0.3, -0.25) is 5.32 Å². The first-order valence-corrected chi connectivity index (χ1v) is 10.8. The predicted octanol–water partition coefficient (Wildman–Crippen LogP) is 3.93. The quantitative estimate of drug-likeness (QED) is 0.271. The number of amides is 2. The zero-order valence-corrected chi connectivity index (χ0v) is 19.7. The molecule has 0 fully saturated rings. The molecule has 0 spiro atoms. The van der Waals surface area contributed by atoms with Gasteiger partial charge in [-0.15, -0.1) is 0 Å². The van der Waals surface area contributed by atoms with E-state index in [9.17, 15) is 4.79 Å². The molecule has 2 amide bonds. The fourth-order valence-electron chi connectivity index (χ4n) is 3.40. The Morgan fingerprint density at radius 3 is 2.44 bits per heavy atom. The Kier molecular flexibility index (Phi) is 9.22. The molecular weight excluding hydrogens is 402 g/mol. The van der Waals surface area contributed by atoms with Crippen LogP contribution in [0.25, 0.3) is 11.1 Å². The number of aromatic nitrogens is 1. The van der Waals surface area contributed by atoms with E-state index in [1.165, 1.54) is 6.21 Å². The monoisotopic (exact) mass is 437 g/mol. The van der Waals surface area contributed by atoms with Crippen LogP contribution in [0.15, 0.2) is 36.7 Å². The van der Waals surface area contributed by atoms with Crippen LogP contribution in [0, 0.1) is 19.3 Å². The van der Waals surface area contributed by atoms with Gasteiger partial charge in [-0.2, -0.15) is 0 Å². The minimum atomic E-state index is -0.332. The van der Waals surface area contributed by atoms with E-state index < -0.39 is 0 Å². The van der Waals surface area contributed by atoms with E-state index >= 15 is 0 Å². The second-order valence-electron chi connectivity index (χ2n) is 7.91. The van der Waals surface area contributed by atoms with Crippen LogP contribution < -0.4 is 21.3 Å². The molecule has 8 nitrogen and oxygen atoms in total. The Hall–Kier alpha value is -3.39. The van der Waals surface area contributed by atoms with E-state index in [0.29, 0.717) is 29.6 Å². The molecular formula is C24H35N7O. The minimum Gasteiger partial charge on any atom is -0.372 e. The standard InChI is InChI=1S/C24H35N7O/c1-7-26-24(32)30-23-20(21-16(2)10-8-11-17(21)3)14-19(15-25)22(29-23)28-18(4)27-12-9-13-31(5)6/h8,10-11,14-15,25,27H,4,7,9,12-13H2,1-3,5-6H3,(H3,26,28,29,30,32). The molecule has 0 aliphatic carbocycles. The molecule has 5 N–H and O–H groups in total. The Morgan fingerprint density at radius 2 is 1.84 bits per heavy atom. The third kappa shape index (κ3) is 6.81. The van der Waals surface area contributed by atoms with Crippen molar-refractivity contribution in [2.75, 3.05) is 44.4 Å². The van der Waals surface area contributed by atoms with Crippen LogP contribution in [-0.2, 0) is 0 Å². The van der Waals surface area contributed by atoms with Crippen molar-refractivity contribution in [3.63, 3.8) is 0 Å². The Balaban J connectivity index is 2.40. The molecule has 0 saturated carbocycles. The number of nitrogens with zero attached hydrogens (tertiary/aromatic N) is 2. The molecule has 172 valence electrons. The number of anilines is 2. The highest BCUT2D eigenvalue weighted by molar-refractivity contribution is 5.97. The number of pyridine rings is 1. The second kappa shape index (κ2) is 11.9. The van der Waals surface area contributed by atoms with Crippen LogP contribution in [0.1, 0.15) is 30.0 Å². The van der Waals surface area contributed by atoms with Gasteiger partial charge in [-0.25, -0.2) is 9.78 Å². The molecule has 32 heavy (non-hydrogen) atoms. The van der Waals surface area contributed by atoms with Gasteiger partial charge in [0.25, 0.3) is 0 Å². The molecule has 2 rings (SSSR count). The van der Waals surface area contributed by atoms with E-state index in [4.69, 9.17) is 5.41 Å². The van der Waals surface area contributed by atoms with Gasteiger partial charge < -0.3 is 26.3 Å². The Morgan fingerprint density at radius 1 is 1.16 bits per heavy atom. The van der Waals surface area contributed by atoms with E-state index in [1.807, 2.05) is 59.1 Å². The summed E-state index contributed by atoms with van der Waals surface area (Å²) in [6.07, 6.45) is 2.22. The van der Waals surface area contributed by atoms with Gasteiger partial charge in [0.05, 0.1) is 5.82 Å². The largest absolute Gasteiger partial charge is 0.372 e. The molecule has 0 unspecified atom stereocenters. The van der Waals surface area contributed by atoms with Crippen LogP contribution in [-0.4, -0.2) is 55.9 Å². The summed E-state index contributed by atoms with van der Waals surface area (Å²) in [7, 11) is 4.07. The van der Waals surface area contributed by atoms with Crippen molar-refractivity contribution in [1.82, 2.24) is 20.5 Å². The molecule has 2 aromatic rings. The molecule has 1 heterocycles. The first-order chi connectivity index (χ1) is 15.3. The zero-order valence-electron chi connectivity index (χ0n) is 19.7. The Labute approximate surface area is 191 Å². The Bertz CT molecular complexity index is 949. The SMILES string of the molecule is C=C(NCCCN(C)C)Nc1nc(NC(=O)NCC)c(-c2c(C)cccc2C)cc1C=N. The summed E-state index contributed by atoms with van der Waals surface area (Å²) in [5, 5.41) is 19.9. The average Bonchev–Trinajstić information content (AvgIpc) is 2.72. The number of rotatable bonds is 11. The van der Waals surface area contributed by atoms with Gasteiger partial charge in [0.1, 0.15) is 11.6 Å². The molecule has 8 heteroatoms. The molecule has 0 bridgehead atoms. The average molecular weight is 438 g/mol. The lowest BCUT2D eigenvalue weighted by Crippen LogP contribution is -2.29. The van der Waals surface area contributed by atoms with Gasteiger partial charge in [0.2, 0.25) is 0 Å². The highest BCUT2D eigenvalue weighted by Gasteiger charge is 2.17. The third-order valence-corrected chi connectivity index (χ3v) is 4.92. The number of nitrogens with one attached hydrogen (secondary N) is 5. The van der Waals surface area contributed by atoms with Gasteiger partial charge in [0.15, 0.2) is 0 Å². The van der Waals surface area contributed by atoms with E-state index in [0.717, 1.165) is 41.8 Å². The summed E-state index contributed by atoms with van der Waals surface area (Å²) in [6.45, 7) is 12.1. The van der Waals surface area contributed by atoms with Crippen molar-refractivity contribution in [3.8, 4) is 11.1 Å². The highest BCUT2D eigenvalue weighted by Crippen LogP contribution is 2.34. The second-order valence-corrected chi connectivity index (χ2v) is 7.91. The number of urea groups is 1. The molecule has 0 atom stereocenters. The smallest absolute Gasteiger partial charge is 0.320 e. The topological polar surface area (TPSA) is 105 Å².